The fourth-order valence-electron chi connectivity index (χ4n) is 5.27. The number of amides is 1. The Morgan fingerprint density at radius 3 is 2.46 bits per heavy atom. The molecule has 9 heteroatoms. The second-order valence-corrected chi connectivity index (χ2v) is 11.8. The van der Waals surface area contributed by atoms with Crippen LogP contribution in [0.5, 0.6) is 5.75 Å². The lowest BCUT2D eigenvalue weighted by molar-refractivity contribution is -0.123. The van der Waals surface area contributed by atoms with Crippen LogP contribution >= 0.6 is 12.2 Å². The minimum Gasteiger partial charge on any atom is -0.494 e. The third-order valence-electron chi connectivity index (χ3n) is 7.41. The number of anilines is 2. The third-order valence-corrected chi connectivity index (χ3v) is 7.72. The van der Waals surface area contributed by atoms with Gasteiger partial charge in [0.15, 0.2) is 5.11 Å². The zero-order valence-electron chi connectivity index (χ0n) is 24.5. The van der Waals surface area contributed by atoms with Crippen LogP contribution in [-0.2, 0) is 4.79 Å². The normalized spacial score (nSPS) is 17.0. The Bertz CT molecular complexity index is 1610. The average molecular weight is 569 g/mol. The van der Waals surface area contributed by atoms with Gasteiger partial charge in [0, 0.05) is 41.0 Å². The predicted octanol–water partition coefficient (Wildman–Crippen LogP) is 6.36. The van der Waals surface area contributed by atoms with Crippen LogP contribution < -0.4 is 20.3 Å². The summed E-state index contributed by atoms with van der Waals surface area (Å²) in [6.45, 7) is 11.9. The lowest BCUT2D eigenvalue weighted by Crippen LogP contribution is -2.30. The van der Waals surface area contributed by atoms with Gasteiger partial charge in [-0.1, -0.05) is 26.8 Å². The first-order valence-electron chi connectivity index (χ1n) is 13.6. The van der Waals surface area contributed by atoms with Crippen LogP contribution in [0.15, 0.2) is 67.0 Å². The van der Waals surface area contributed by atoms with Gasteiger partial charge in [0.05, 0.1) is 30.6 Å². The lowest BCUT2D eigenvalue weighted by atomic mass is 9.95. The molecule has 0 spiro atoms. The van der Waals surface area contributed by atoms with Crippen molar-refractivity contribution in [1.29, 1.82) is 0 Å². The molecule has 0 saturated carbocycles. The average Bonchev–Trinajstić information content (AvgIpc) is 3.43. The minimum absolute atomic E-state index is 0.0906. The molecule has 41 heavy (non-hydrogen) atoms. The van der Waals surface area contributed by atoms with E-state index in [1.807, 2.05) is 69.4 Å². The Kier molecular flexibility index (Phi) is 7.57. The highest BCUT2D eigenvalue weighted by Gasteiger charge is 2.42. The molecule has 8 nitrogen and oxygen atoms in total. The molecule has 0 bridgehead atoms. The molecule has 1 amide bonds. The van der Waals surface area contributed by atoms with Gasteiger partial charge in [-0.3, -0.25) is 9.78 Å². The molecule has 0 unspecified atom stereocenters. The van der Waals surface area contributed by atoms with Crippen LogP contribution in [0.2, 0.25) is 0 Å². The Hall–Kier alpha value is -4.24. The van der Waals surface area contributed by atoms with Crippen molar-refractivity contribution in [1.82, 2.24) is 19.9 Å². The Morgan fingerprint density at radius 1 is 1.02 bits per heavy atom. The Morgan fingerprint density at radius 2 is 1.80 bits per heavy atom. The largest absolute Gasteiger partial charge is 0.494 e. The Labute approximate surface area is 246 Å². The summed E-state index contributed by atoms with van der Waals surface area (Å²) in [6, 6.07) is 17.5. The van der Waals surface area contributed by atoms with E-state index in [-0.39, 0.29) is 18.0 Å². The summed E-state index contributed by atoms with van der Waals surface area (Å²) < 4.78 is 7.92. The zero-order valence-corrected chi connectivity index (χ0v) is 25.3. The number of hydrogen-bond donors (Lipinski definition) is 2. The topological polar surface area (TPSA) is 84.3 Å². The first-order chi connectivity index (χ1) is 19.5. The van der Waals surface area contributed by atoms with E-state index in [9.17, 15) is 4.79 Å². The number of thiocarbonyl (C=S) groups is 1. The van der Waals surface area contributed by atoms with Crippen LogP contribution in [0, 0.1) is 26.2 Å². The van der Waals surface area contributed by atoms with Crippen molar-refractivity contribution in [3.63, 3.8) is 0 Å². The van der Waals surface area contributed by atoms with Gasteiger partial charge < -0.3 is 24.8 Å². The molecule has 3 aromatic heterocycles. The molecule has 1 saturated heterocycles. The zero-order chi connectivity index (χ0) is 29.5. The summed E-state index contributed by atoms with van der Waals surface area (Å²) in [5.74, 6) is 1.34. The van der Waals surface area contributed by atoms with E-state index >= 15 is 0 Å². The molecular weight excluding hydrogens is 532 g/mol. The Balaban J connectivity index is 1.63. The van der Waals surface area contributed by atoms with Gasteiger partial charge in [-0.05, 0) is 86.6 Å². The van der Waals surface area contributed by atoms with Crippen molar-refractivity contribution in [2.75, 3.05) is 17.3 Å². The second kappa shape index (κ2) is 11.0. The SMILES string of the molecule is COc1cc(N2C(=S)N[C@H](c3ccccn3)[C@@H]2c2cc(C)n(-c3cc(C)ccn3)c2C)ccc1NC(=O)C(C)(C)C. The van der Waals surface area contributed by atoms with E-state index in [4.69, 9.17) is 21.9 Å². The van der Waals surface area contributed by atoms with E-state index in [0.717, 1.165) is 39.7 Å². The summed E-state index contributed by atoms with van der Waals surface area (Å²) in [5.41, 5.74) is 6.20. The molecule has 2 atom stereocenters. The summed E-state index contributed by atoms with van der Waals surface area (Å²) >= 11 is 5.96. The first kappa shape index (κ1) is 28.3. The number of aromatic nitrogens is 3. The number of rotatable bonds is 6. The van der Waals surface area contributed by atoms with E-state index in [0.29, 0.717) is 16.5 Å². The number of carbonyl (C=O) groups is 1. The molecule has 1 fully saturated rings. The molecule has 1 aliphatic heterocycles. The highest BCUT2D eigenvalue weighted by molar-refractivity contribution is 7.80. The van der Waals surface area contributed by atoms with E-state index in [2.05, 4.69) is 58.0 Å². The predicted molar refractivity (Wildman–Crippen MR) is 167 cm³/mol. The van der Waals surface area contributed by atoms with E-state index < -0.39 is 5.41 Å². The number of pyridine rings is 2. The number of nitrogens with one attached hydrogen (secondary N) is 2. The number of hydrogen-bond acceptors (Lipinski definition) is 5. The third kappa shape index (κ3) is 5.41. The number of carbonyl (C=O) groups excluding carboxylic acids is 1. The maximum Gasteiger partial charge on any atom is 0.229 e. The van der Waals surface area contributed by atoms with Gasteiger partial charge in [-0.25, -0.2) is 4.98 Å². The van der Waals surface area contributed by atoms with Crippen molar-refractivity contribution >= 4 is 34.6 Å². The fourth-order valence-corrected chi connectivity index (χ4v) is 5.62. The second-order valence-electron chi connectivity index (χ2n) is 11.4. The summed E-state index contributed by atoms with van der Waals surface area (Å²) in [6.07, 6.45) is 3.64. The van der Waals surface area contributed by atoms with Gasteiger partial charge in [0.1, 0.15) is 11.6 Å². The molecule has 1 aromatic carbocycles. The molecule has 1 aliphatic rings. The molecule has 212 valence electrons. The highest BCUT2D eigenvalue weighted by atomic mass is 32.1. The number of methoxy groups -OCH3 is 1. The van der Waals surface area contributed by atoms with E-state index in [1.165, 1.54) is 0 Å². The molecule has 4 heterocycles. The van der Waals surface area contributed by atoms with Crippen molar-refractivity contribution in [3.05, 3.63) is 95.2 Å². The molecule has 4 aromatic rings. The maximum absolute atomic E-state index is 12.7. The molecule has 0 aliphatic carbocycles. The lowest BCUT2D eigenvalue weighted by Gasteiger charge is -2.29. The van der Waals surface area contributed by atoms with E-state index in [1.54, 1.807) is 13.3 Å². The maximum atomic E-state index is 12.7. The fraction of sp³-hybridized carbons (Fsp3) is 0.312. The molecular formula is C32H36N6O2S. The number of benzene rings is 1. The standard InChI is InChI=1S/C32H36N6O2S/c1-19-13-15-34-27(16-19)37-20(2)17-23(21(37)3)29-28(25-10-8-9-14-33-25)36-31(41)38(29)22-11-12-24(26(18-22)40-7)35-30(39)32(4,5)6/h8-18,28-29H,1-7H3,(H,35,39)(H,36,41)/t28-,29+/m1/s1. The summed E-state index contributed by atoms with van der Waals surface area (Å²) in [7, 11) is 1.60. The number of aryl methyl sites for hydroxylation is 2. The van der Waals surface area contributed by atoms with Gasteiger partial charge in [0.25, 0.3) is 0 Å². The van der Waals surface area contributed by atoms with Crippen LogP contribution in [0.1, 0.15) is 61.1 Å². The highest BCUT2D eigenvalue weighted by Crippen LogP contribution is 2.45. The number of nitrogens with zero attached hydrogens (tertiary/aromatic N) is 4. The molecule has 0 radical (unpaired) electrons. The van der Waals surface area contributed by atoms with Crippen LogP contribution in [0.25, 0.3) is 5.82 Å². The van der Waals surface area contributed by atoms with Gasteiger partial charge >= 0.3 is 0 Å². The van der Waals surface area contributed by atoms with Crippen LogP contribution in [-0.4, -0.2) is 32.7 Å². The van der Waals surface area contributed by atoms with Gasteiger partial charge in [-0.15, -0.1) is 0 Å². The summed E-state index contributed by atoms with van der Waals surface area (Å²) in [4.78, 5) is 24.2. The quantitative estimate of drug-likeness (QED) is 0.262. The monoisotopic (exact) mass is 568 g/mol. The van der Waals surface area contributed by atoms with Crippen molar-refractivity contribution in [3.8, 4) is 11.6 Å². The van der Waals surface area contributed by atoms with Crippen molar-refractivity contribution in [2.24, 2.45) is 5.41 Å². The first-order valence-corrected chi connectivity index (χ1v) is 14.0. The smallest absolute Gasteiger partial charge is 0.229 e. The van der Waals surface area contributed by atoms with Crippen LogP contribution in [0.4, 0.5) is 11.4 Å². The molecule has 2 N–H and O–H groups in total. The number of ether oxygens (including phenoxy) is 1. The van der Waals surface area contributed by atoms with Crippen molar-refractivity contribution in [2.45, 2.75) is 53.6 Å². The summed E-state index contributed by atoms with van der Waals surface area (Å²) in [5, 5.41) is 7.12. The minimum atomic E-state index is -0.542. The van der Waals surface area contributed by atoms with Crippen molar-refractivity contribution < 1.29 is 9.53 Å². The van der Waals surface area contributed by atoms with Gasteiger partial charge in [0.2, 0.25) is 5.91 Å². The van der Waals surface area contributed by atoms with Crippen LogP contribution in [0.3, 0.4) is 0 Å². The molecule has 5 rings (SSSR count). The van der Waals surface area contributed by atoms with Gasteiger partial charge in [-0.2, -0.15) is 0 Å².